The fourth-order valence-corrected chi connectivity index (χ4v) is 2.46. The van der Waals surface area contributed by atoms with Crippen LogP contribution in [0.4, 0.5) is 5.69 Å². The highest BCUT2D eigenvalue weighted by atomic mass is 35.5. The quantitative estimate of drug-likeness (QED) is 0.857. The third-order valence-corrected chi connectivity index (χ3v) is 3.72. The second-order valence-corrected chi connectivity index (χ2v) is 5.27. The summed E-state index contributed by atoms with van der Waals surface area (Å²) < 4.78 is 0. The Morgan fingerprint density at radius 3 is 2.52 bits per heavy atom. The zero-order chi connectivity index (χ0) is 15.2. The van der Waals surface area contributed by atoms with Crippen molar-refractivity contribution < 1.29 is 4.79 Å². The number of nitrogens with zero attached hydrogens (tertiary/aromatic N) is 1. The Hall–Kier alpha value is -2.00. The molecule has 0 aliphatic rings. The summed E-state index contributed by atoms with van der Waals surface area (Å²) in [6, 6.07) is 15.1. The lowest BCUT2D eigenvalue weighted by molar-refractivity contribution is 0.0766. The van der Waals surface area contributed by atoms with E-state index in [1.54, 1.807) is 23.1 Å². The van der Waals surface area contributed by atoms with E-state index in [2.05, 4.69) is 12.1 Å². The number of rotatable bonds is 5. The first-order chi connectivity index (χ1) is 10.1. The van der Waals surface area contributed by atoms with Crippen molar-refractivity contribution in [2.75, 3.05) is 18.8 Å². The van der Waals surface area contributed by atoms with Crippen LogP contribution < -0.4 is 5.73 Å². The number of halogens is 1. The maximum atomic E-state index is 12.5. The lowest BCUT2D eigenvalue weighted by atomic mass is 10.1. The zero-order valence-electron chi connectivity index (χ0n) is 12.1. The molecule has 2 aromatic rings. The number of amides is 1. The van der Waals surface area contributed by atoms with E-state index in [-0.39, 0.29) is 5.91 Å². The molecule has 2 rings (SSSR count). The van der Waals surface area contributed by atoms with Gasteiger partial charge in [0.15, 0.2) is 0 Å². The summed E-state index contributed by atoms with van der Waals surface area (Å²) >= 11 is 6.12. The fraction of sp³-hybridized carbons (Fsp3) is 0.235. The molecule has 0 aliphatic heterocycles. The van der Waals surface area contributed by atoms with E-state index < -0.39 is 0 Å². The van der Waals surface area contributed by atoms with Gasteiger partial charge in [-0.2, -0.15) is 0 Å². The first-order valence-electron chi connectivity index (χ1n) is 7.00. The highest BCUT2D eigenvalue weighted by Crippen LogP contribution is 2.21. The van der Waals surface area contributed by atoms with Crippen molar-refractivity contribution in [3.63, 3.8) is 0 Å². The van der Waals surface area contributed by atoms with Crippen LogP contribution in [0, 0.1) is 0 Å². The van der Waals surface area contributed by atoms with Crippen molar-refractivity contribution in [2.45, 2.75) is 13.3 Å². The number of carbonyl (C=O) groups excluding carboxylic acids is 1. The molecule has 0 aliphatic carbocycles. The van der Waals surface area contributed by atoms with Crippen LogP contribution in [0.25, 0.3) is 0 Å². The topological polar surface area (TPSA) is 46.3 Å². The SMILES string of the molecule is CCN(CCc1ccccc1)C(=O)c1ccc(N)cc1Cl. The Morgan fingerprint density at radius 2 is 1.90 bits per heavy atom. The molecule has 3 nitrogen and oxygen atoms in total. The van der Waals surface area contributed by atoms with Crippen molar-refractivity contribution in [3.05, 3.63) is 64.7 Å². The summed E-state index contributed by atoms with van der Waals surface area (Å²) in [5.41, 5.74) is 7.94. The van der Waals surface area contributed by atoms with Crippen molar-refractivity contribution in [2.24, 2.45) is 0 Å². The van der Waals surface area contributed by atoms with Gasteiger partial charge in [0.1, 0.15) is 0 Å². The number of nitrogen functional groups attached to an aromatic ring is 1. The van der Waals surface area contributed by atoms with E-state index in [1.807, 2.05) is 25.1 Å². The summed E-state index contributed by atoms with van der Waals surface area (Å²) in [4.78, 5) is 14.3. The third kappa shape index (κ3) is 3.99. The van der Waals surface area contributed by atoms with Crippen molar-refractivity contribution in [1.82, 2.24) is 4.90 Å². The molecule has 1 amide bonds. The van der Waals surface area contributed by atoms with E-state index in [1.165, 1.54) is 5.56 Å². The molecule has 0 saturated carbocycles. The van der Waals surface area contributed by atoms with Crippen LogP contribution in [0.3, 0.4) is 0 Å². The van der Waals surface area contributed by atoms with E-state index in [9.17, 15) is 4.79 Å². The van der Waals surface area contributed by atoms with Gasteiger partial charge in [-0.25, -0.2) is 0 Å². The lowest BCUT2D eigenvalue weighted by Crippen LogP contribution is -2.33. The standard InChI is InChI=1S/C17H19ClN2O/c1-2-20(11-10-13-6-4-3-5-7-13)17(21)15-9-8-14(19)12-16(15)18/h3-9,12H,2,10-11,19H2,1H3. The molecule has 2 N–H and O–H groups in total. The molecular formula is C17H19ClN2O. The number of likely N-dealkylation sites (N-methyl/N-ethyl adjacent to an activating group) is 1. The summed E-state index contributed by atoms with van der Waals surface area (Å²) in [5.74, 6) is -0.0570. The highest BCUT2D eigenvalue weighted by molar-refractivity contribution is 6.34. The average Bonchev–Trinajstić information content (AvgIpc) is 2.48. The van der Waals surface area contributed by atoms with Crippen LogP contribution >= 0.6 is 11.6 Å². The van der Waals surface area contributed by atoms with Crippen LogP contribution in [0.15, 0.2) is 48.5 Å². The van der Waals surface area contributed by atoms with E-state index in [4.69, 9.17) is 17.3 Å². The molecule has 0 atom stereocenters. The second kappa shape index (κ2) is 7.14. The molecule has 110 valence electrons. The monoisotopic (exact) mass is 302 g/mol. The minimum atomic E-state index is -0.0570. The van der Waals surface area contributed by atoms with Crippen molar-refractivity contribution in [3.8, 4) is 0 Å². The average molecular weight is 303 g/mol. The van der Waals surface area contributed by atoms with Gasteiger partial charge in [0.05, 0.1) is 10.6 Å². The predicted molar refractivity (Wildman–Crippen MR) is 87.6 cm³/mol. The maximum absolute atomic E-state index is 12.5. The van der Waals surface area contributed by atoms with Gasteiger partial charge >= 0.3 is 0 Å². The number of hydrogen-bond acceptors (Lipinski definition) is 2. The van der Waals surface area contributed by atoms with Gasteiger partial charge in [-0.05, 0) is 37.1 Å². The van der Waals surface area contributed by atoms with Crippen LogP contribution in [-0.2, 0) is 6.42 Å². The van der Waals surface area contributed by atoms with Gasteiger partial charge in [-0.15, -0.1) is 0 Å². The Kier molecular flexibility index (Phi) is 5.23. The molecule has 2 aromatic carbocycles. The van der Waals surface area contributed by atoms with Crippen LogP contribution in [0.2, 0.25) is 5.02 Å². The predicted octanol–water partition coefficient (Wildman–Crippen LogP) is 3.63. The highest BCUT2D eigenvalue weighted by Gasteiger charge is 2.17. The molecule has 0 heterocycles. The molecule has 0 aromatic heterocycles. The fourth-order valence-electron chi connectivity index (χ4n) is 2.19. The smallest absolute Gasteiger partial charge is 0.255 e. The normalized spacial score (nSPS) is 10.4. The molecule has 0 bridgehead atoms. The van der Waals surface area contributed by atoms with Crippen molar-refractivity contribution in [1.29, 1.82) is 0 Å². The van der Waals surface area contributed by atoms with Gasteiger partial charge < -0.3 is 10.6 Å². The number of hydrogen-bond donors (Lipinski definition) is 1. The minimum Gasteiger partial charge on any atom is -0.399 e. The largest absolute Gasteiger partial charge is 0.399 e. The summed E-state index contributed by atoms with van der Waals surface area (Å²) in [6.45, 7) is 3.28. The van der Waals surface area contributed by atoms with Crippen LogP contribution in [0.1, 0.15) is 22.8 Å². The number of anilines is 1. The lowest BCUT2D eigenvalue weighted by Gasteiger charge is -2.21. The molecule has 0 spiro atoms. The number of benzene rings is 2. The van der Waals surface area contributed by atoms with Crippen LogP contribution in [0.5, 0.6) is 0 Å². The Balaban J connectivity index is 2.08. The summed E-state index contributed by atoms with van der Waals surface area (Å²) in [7, 11) is 0. The second-order valence-electron chi connectivity index (χ2n) is 4.86. The Bertz CT molecular complexity index is 613. The van der Waals surface area contributed by atoms with Crippen molar-refractivity contribution >= 4 is 23.2 Å². The molecule has 0 unspecified atom stereocenters. The van der Waals surface area contributed by atoms with Gasteiger partial charge in [-0.1, -0.05) is 41.9 Å². The van der Waals surface area contributed by atoms with E-state index in [0.717, 1.165) is 6.42 Å². The Morgan fingerprint density at radius 1 is 1.19 bits per heavy atom. The molecular weight excluding hydrogens is 284 g/mol. The first kappa shape index (κ1) is 15.4. The summed E-state index contributed by atoms with van der Waals surface area (Å²) in [5, 5.41) is 0.401. The molecule has 4 heteroatoms. The first-order valence-corrected chi connectivity index (χ1v) is 7.38. The number of carbonyl (C=O) groups is 1. The molecule has 21 heavy (non-hydrogen) atoms. The molecule has 0 saturated heterocycles. The van der Waals surface area contributed by atoms with Crippen LogP contribution in [-0.4, -0.2) is 23.9 Å². The third-order valence-electron chi connectivity index (χ3n) is 3.41. The molecule has 0 radical (unpaired) electrons. The number of nitrogens with two attached hydrogens (primary N) is 1. The van der Waals surface area contributed by atoms with Gasteiger partial charge in [-0.3, -0.25) is 4.79 Å². The summed E-state index contributed by atoms with van der Waals surface area (Å²) in [6.07, 6.45) is 0.826. The minimum absolute atomic E-state index is 0.0570. The van der Waals surface area contributed by atoms with Gasteiger partial charge in [0.25, 0.3) is 5.91 Å². The van der Waals surface area contributed by atoms with E-state index in [0.29, 0.717) is 29.4 Å². The molecule has 0 fully saturated rings. The zero-order valence-corrected chi connectivity index (χ0v) is 12.8. The van der Waals surface area contributed by atoms with Gasteiger partial charge in [0, 0.05) is 18.8 Å². The Labute approximate surface area is 130 Å². The maximum Gasteiger partial charge on any atom is 0.255 e. The van der Waals surface area contributed by atoms with E-state index >= 15 is 0 Å². The van der Waals surface area contributed by atoms with Gasteiger partial charge in [0.2, 0.25) is 0 Å².